The van der Waals surface area contributed by atoms with Crippen LogP contribution < -0.4 is 0 Å². The van der Waals surface area contributed by atoms with Crippen molar-refractivity contribution in [2.45, 2.75) is 51.5 Å². The van der Waals surface area contributed by atoms with Gasteiger partial charge in [0, 0.05) is 32.2 Å². The van der Waals surface area contributed by atoms with Gasteiger partial charge in [-0.05, 0) is 36.8 Å². The summed E-state index contributed by atoms with van der Waals surface area (Å²) in [6.45, 7) is 5.65. The second-order valence-corrected chi connectivity index (χ2v) is 6.54. The molecule has 1 atom stereocenters. The van der Waals surface area contributed by atoms with Crippen LogP contribution in [0, 0.1) is 6.92 Å². The first-order chi connectivity index (χ1) is 11.5. The lowest BCUT2D eigenvalue weighted by Crippen LogP contribution is -2.44. The monoisotopic (exact) mass is 333 g/mol. The summed E-state index contributed by atoms with van der Waals surface area (Å²) in [5, 5.41) is 8.98. The Morgan fingerprint density at radius 1 is 1.29 bits per heavy atom. The van der Waals surface area contributed by atoms with Gasteiger partial charge in [0.25, 0.3) is 0 Å². The summed E-state index contributed by atoms with van der Waals surface area (Å²) in [6.07, 6.45) is 1.96. The molecule has 0 saturated carbocycles. The highest BCUT2D eigenvalue weighted by Gasteiger charge is 2.27. The molecule has 1 fully saturated rings. The second kappa shape index (κ2) is 8.83. The summed E-state index contributed by atoms with van der Waals surface area (Å²) < 4.78 is 5.37. The minimum absolute atomic E-state index is 0.0121. The topological polar surface area (TPSA) is 66.8 Å². The number of carbonyl (C=O) groups is 2. The Bertz CT molecular complexity index is 566. The molecule has 1 saturated heterocycles. The van der Waals surface area contributed by atoms with Crippen LogP contribution in [0.4, 0.5) is 0 Å². The average Bonchev–Trinajstić information content (AvgIpc) is 2.56. The second-order valence-electron chi connectivity index (χ2n) is 6.54. The Balaban J connectivity index is 2.05. The van der Waals surface area contributed by atoms with E-state index in [1.54, 1.807) is 4.90 Å². The smallest absolute Gasteiger partial charge is 0.305 e. The summed E-state index contributed by atoms with van der Waals surface area (Å²) in [4.78, 5) is 25.5. The van der Waals surface area contributed by atoms with Crippen LogP contribution in [-0.4, -0.2) is 47.7 Å². The molecule has 0 bridgehead atoms. The van der Waals surface area contributed by atoms with Gasteiger partial charge in [-0.2, -0.15) is 0 Å². The molecule has 0 unspecified atom stereocenters. The van der Waals surface area contributed by atoms with E-state index in [4.69, 9.17) is 9.84 Å². The number of carbonyl (C=O) groups excluding carboxylic acids is 1. The van der Waals surface area contributed by atoms with E-state index < -0.39 is 5.97 Å². The van der Waals surface area contributed by atoms with Gasteiger partial charge < -0.3 is 14.7 Å². The molecule has 1 aliphatic heterocycles. The van der Waals surface area contributed by atoms with Crippen molar-refractivity contribution in [3.05, 3.63) is 35.4 Å². The SMILES string of the molecule is Cc1ccccc1[C@@H](C)CC(=O)N(CCC(=O)O)C1CCOCC1. The normalized spacial score (nSPS) is 16.6. The Morgan fingerprint density at radius 2 is 1.96 bits per heavy atom. The predicted octanol–water partition coefficient (Wildman–Crippen LogP) is 2.97. The Hall–Kier alpha value is -1.88. The zero-order valence-corrected chi connectivity index (χ0v) is 14.5. The third-order valence-electron chi connectivity index (χ3n) is 4.72. The lowest BCUT2D eigenvalue weighted by molar-refractivity contribution is -0.140. The Labute approximate surface area is 143 Å². The molecule has 24 heavy (non-hydrogen) atoms. The molecule has 5 nitrogen and oxygen atoms in total. The Kier molecular flexibility index (Phi) is 6.79. The maximum absolute atomic E-state index is 12.8. The summed E-state index contributed by atoms with van der Waals surface area (Å²) >= 11 is 0. The van der Waals surface area contributed by atoms with E-state index in [1.165, 1.54) is 11.1 Å². The molecule has 2 rings (SSSR count). The van der Waals surface area contributed by atoms with Crippen molar-refractivity contribution < 1.29 is 19.4 Å². The van der Waals surface area contributed by atoms with Crippen LogP contribution in [0.3, 0.4) is 0 Å². The van der Waals surface area contributed by atoms with Crippen molar-refractivity contribution in [1.82, 2.24) is 4.90 Å². The van der Waals surface area contributed by atoms with Crippen LogP contribution in [0.5, 0.6) is 0 Å². The number of hydrogen-bond acceptors (Lipinski definition) is 3. The van der Waals surface area contributed by atoms with E-state index in [9.17, 15) is 9.59 Å². The first-order valence-electron chi connectivity index (χ1n) is 8.63. The molecule has 1 aliphatic rings. The van der Waals surface area contributed by atoms with Gasteiger partial charge in [-0.25, -0.2) is 0 Å². The van der Waals surface area contributed by atoms with E-state index in [0.717, 1.165) is 12.8 Å². The number of nitrogens with zero attached hydrogens (tertiary/aromatic N) is 1. The fourth-order valence-electron chi connectivity index (χ4n) is 3.35. The average molecular weight is 333 g/mol. The van der Waals surface area contributed by atoms with Crippen molar-refractivity contribution in [1.29, 1.82) is 0 Å². The summed E-state index contributed by atoms with van der Waals surface area (Å²) in [7, 11) is 0. The number of aryl methyl sites for hydroxylation is 1. The van der Waals surface area contributed by atoms with Crippen molar-refractivity contribution in [2.75, 3.05) is 19.8 Å². The minimum atomic E-state index is -0.869. The van der Waals surface area contributed by atoms with E-state index in [0.29, 0.717) is 19.6 Å². The molecule has 1 amide bonds. The zero-order chi connectivity index (χ0) is 17.5. The number of ether oxygens (including phenoxy) is 1. The van der Waals surface area contributed by atoms with E-state index in [1.807, 2.05) is 12.1 Å². The van der Waals surface area contributed by atoms with Gasteiger partial charge in [-0.1, -0.05) is 31.2 Å². The van der Waals surface area contributed by atoms with E-state index >= 15 is 0 Å². The zero-order valence-electron chi connectivity index (χ0n) is 14.5. The molecule has 1 aromatic rings. The number of hydrogen-bond donors (Lipinski definition) is 1. The summed E-state index contributed by atoms with van der Waals surface area (Å²) in [5.74, 6) is -0.711. The fraction of sp³-hybridized carbons (Fsp3) is 0.579. The van der Waals surface area contributed by atoms with Crippen molar-refractivity contribution in [2.24, 2.45) is 0 Å². The quantitative estimate of drug-likeness (QED) is 0.833. The lowest BCUT2D eigenvalue weighted by Gasteiger charge is -2.35. The van der Waals surface area contributed by atoms with Crippen LogP contribution in [0.25, 0.3) is 0 Å². The van der Waals surface area contributed by atoms with Gasteiger partial charge >= 0.3 is 5.97 Å². The minimum Gasteiger partial charge on any atom is -0.481 e. The van der Waals surface area contributed by atoms with Gasteiger partial charge in [0.05, 0.1) is 6.42 Å². The molecule has 5 heteroatoms. The number of amides is 1. The molecule has 0 aromatic heterocycles. The first-order valence-corrected chi connectivity index (χ1v) is 8.63. The maximum atomic E-state index is 12.8. The van der Waals surface area contributed by atoms with Crippen LogP contribution >= 0.6 is 0 Å². The number of carboxylic acid groups (broad SMARTS) is 1. The van der Waals surface area contributed by atoms with Crippen LogP contribution in [0.2, 0.25) is 0 Å². The molecule has 1 N–H and O–H groups in total. The highest BCUT2D eigenvalue weighted by Crippen LogP contribution is 2.25. The first kappa shape index (κ1) is 18.5. The number of carboxylic acids is 1. The van der Waals surface area contributed by atoms with Gasteiger partial charge in [0.2, 0.25) is 5.91 Å². The van der Waals surface area contributed by atoms with Crippen LogP contribution in [0.15, 0.2) is 24.3 Å². The molecular formula is C19H27NO4. The fourth-order valence-corrected chi connectivity index (χ4v) is 3.35. The molecule has 132 valence electrons. The molecule has 0 spiro atoms. The molecule has 0 radical (unpaired) electrons. The van der Waals surface area contributed by atoms with Gasteiger partial charge in [0.1, 0.15) is 0 Å². The summed E-state index contributed by atoms with van der Waals surface area (Å²) in [6, 6.07) is 8.19. The number of benzene rings is 1. The highest BCUT2D eigenvalue weighted by atomic mass is 16.5. The largest absolute Gasteiger partial charge is 0.481 e. The van der Waals surface area contributed by atoms with Gasteiger partial charge in [-0.3, -0.25) is 9.59 Å². The van der Waals surface area contributed by atoms with Gasteiger partial charge in [-0.15, -0.1) is 0 Å². The van der Waals surface area contributed by atoms with Crippen LogP contribution in [0.1, 0.15) is 49.7 Å². The van der Waals surface area contributed by atoms with Gasteiger partial charge in [0.15, 0.2) is 0 Å². The number of aliphatic carboxylic acids is 1. The molecule has 1 heterocycles. The standard InChI is InChI=1S/C19H27NO4/c1-14-5-3-4-6-17(14)15(2)13-18(21)20(10-7-19(22)23)16-8-11-24-12-9-16/h3-6,15-16H,7-13H2,1-2H3,(H,22,23)/t15-/m0/s1. The van der Waals surface area contributed by atoms with E-state index in [2.05, 4.69) is 26.0 Å². The third-order valence-corrected chi connectivity index (χ3v) is 4.72. The van der Waals surface area contributed by atoms with Crippen molar-refractivity contribution in [3.8, 4) is 0 Å². The third kappa shape index (κ3) is 5.06. The van der Waals surface area contributed by atoms with Crippen molar-refractivity contribution in [3.63, 3.8) is 0 Å². The van der Waals surface area contributed by atoms with Crippen molar-refractivity contribution >= 4 is 11.9 Å². The Morgan fingerprint density at radius 3 is 2.58 bits per heavy atom. The lowest BCUT2D eigenvalue weighted by atomic mass is 9.93. The van der Waals surface area contributed by atoms with E-state index in [-0.39, 0.29) is 30.8 Å². The molecule has 1 aromatic carbocycles. The molecule has 0 aliphatic carbocycles. The van der Waals surface area contributed by atoms with Crippen LogP contribution in [-0.2, 0) is 14.3 Å². The predicted molar refractivity (Wildman–Crippen MR) is 92.0 cm³/mol. The maximum Gasteiger partial charge on any atom is 0.305 e. The summed E-state index contributed by atoms with van der Waals surface area (Å²) in [5.41, 5.74) is 2.36. The highest BCUT2D eigenvalue weighted by molar-refractivity contribution is 5.78. The molecular weight excluding hydrogens is 306 g/mol. The number of rotatable bonds is 7.